The number of carbonyl (C=O) groups is 1. The number of carbonyl (C=O) groups excluding carboxylic acids is 1. The highest BCUT2D eigenvalue weighted by Crippen LogP contribution is 2.27. The summed E-state index contributed by atoms with van der Waals surface area (Å²) < 4.78 is 0.844. The lowest BCUT2D eigenvalue weighted by atomic mass is 9.92. The van der Waals surface area contributed by atoms with Crippen molar-refractivity contribution in [2.45, 2.75) is 24.9 Å². The normalized spacial score (nSPS) is 24.2. The van der Waals surface area contributed by atoms with Crippen LogP contribution in [-0.4, -0.2) is 16.9 Å². The van der Waals surface area contributed by atoms with Gasteiger partial charge in [-0.15, -0.1) is 0 Å². The van der Waals surface area contributed by atoms with Crippen LogP contribution < -0.4 is 5.32 Å². The van der Waals surface area contributed by atoms with Crippen molar-refractivity contribution in [3.8, 4) is 0 Å². The Bertz CT molecular complexity index is 464. The fourth-order valence-corrected chi connectivity index (χ4v) is 2.44. The van der Waals surface area contributed by atoms with Gasteiger partial charge >= 0.3 is 0 Å². The van der Waals surface area contributed by atoms with Gasteiger partial charge in [-0.25, -0.2) is 0 Å². The van der Waals surface area contributed by atoms with Gasteiger partial charge in [0.15, 0.2) is 0 Å². The molecule has 17 heavy (non-hydrogen) atoms. The fraction of sp³-hybridized carbons (Fsp3) is 0.364. The van der Waals surface area contributed by atoms with E-state index in [0.29, 0.717) is 0 Å². The number of piperidine rings is 1. The first kappa shape index (κ1) is 12.0. The largest absolute Gasteiger partial charge is 0.343 e. The minimum absolute atomic E-state index is 0.131. The van der Waals surface area contributed by atoms with E-state index in [-0.39, 0.29) is 23.7 Å². The molecule has 0 radical (unpaired) electrons. The Balaban J connectivity index is 2.32. The van der Waals surface area contributed by atoms with E-state index < -0.39 is 12.1 Å². The molecule has 0 aliphatic carbocycles. The molecule has 0 spiro atoms. The Morgan fingerprint density at radius 3 is 2.88 bits per heavy atom. The molecule has 2 atom stereocenters. The van der Waals surface area contributed by atoms with E-state index in [1.54, 1.807) is 18.2 Å². The number of halogens is 1. The third-order valence-electron chi connectivity index (χ3n) is 2.85. The molecule has 1 aromatic carbocycles. The first-order chi connectivity index (χ1) is 8.08. The van der Waals surface area contributed by atoms with E-state index in [1.807, 2.05) is 6.07 Å². The summed E-state index contributed by atoms with van der Waals surface area (Å²) >= 11 is 3.32. The molecule has 1 saturated heterocycles. The zero-order chi connectivity index (χ0) is 12.4. The van der Waals surface area contributed by atoms with Crippen LogP contribution in [0.1, 0.15) is 24.4 Å². The highest BCUT2D eigenvalue weighted by Gasteiger charge is 2.37. The smallest absolute Gasteiger partial charge is 0.237 e. The first-order valence-corrected chi connectivity index (χ1v) is 6.05. The Morgan fingerprint density at radius 1 is 1.47 bits per heavy atom. The molecule has 1 aromatic rings. The van der Waals surface area contributed by atoms with Crippen molar-refractivity contribution in [3.05, 3.63) is 44.4 Å². The van der Waals surface area contributed by atoms with Crippen LogP contribution in [0.15, 0.2) is 28.7 Å². The summed E-state index contributed by atoms with van der Waals surface area (Å²) in [6.07, 6.45) is 0.506. The minimum atomic E-state index is -0.748. The summed E-state index contributed by atoms with van der Waals surface area (Å²) in [6.45, 7) is 0. The molecule has 1 fully saturated rings. The maximum absolute atomic E-state index is 11.4. The molecule has 90 valence electrons. The lowest BCUT2D eigenvalue weighted by Gasteiger charge is -2.26. The minimum Gasteiger partial charge on any atom is -0.343 e. The van der Waals surface area contributed by atoms with Gasteiger partial charge in [-0.3, -0.25) is 14.9 Å². The Morgan fingerprint density at radius 2 is 2.24 bits per heavy atom. The quantitative estimate of drug-likeness (QED) is 0.671. The average Bonchev–Trinajstić information content (AvgIpc) is 2.28. The van der Waals surface area contributed by atoms with E-state index in [1.165, 1.54) is 0 Å². The highest BCUT2D eigenvalue weighted by atomic mass is 79.9. The lowest BCUT2D eigenvalue weighted by molar-refractivity contribution is -0.529. The van der Waals surface area contributed by atoms with Crippen LogP contribution in [0.25, 0.3) is 0 Å². The molecule has 1 heterocycles. The topological polar surface area (TPSA) is 72.2 Å². The van der Waals surface area contributed by atoms with Crippen LogP contribution in [0.3, 0.4) is 0 Å². The third-order valence-corrected chi connectivity index (χ3v) is 3.34. The number of nitrogens with zero attached hydrogens (tertiary/aromatic N) is 1. The second-order valence-corrected chi connectivity index (χ2v) is 4.91. The maximum atomic E-state index is 11.4. The second kappa shape index (κ2) is 4.83. The summed E-state index contributed by atoms with van der Waals surface area (Å²) in [5, 5.41) is 13.7. The van der Waals surface area contributed by atoms with E-state index in [0.717, 1.165) is 10.0 Å². The van der Waals surface area contributed by atoms with Crippen molar-refractivity contribution in [1.29, 1.82) is 0 Å². The van der Waals surface area contributed by atoms with Gasteiger partial charge in [0.2, 0.25) is 11.9 Å². The van der Waals surface area contributed by atoms with Crippen LogP contribution in [0.2, 0.25) is 0 Å². The van der Waals surface area contributed by atoms with E-state index in [2.05, 4.69) is 21.2 Å². The van der Waals surface area contributed by atoms with Crippen molar-refractivity contribution >= 4 is 21.8 Å². The molecule has 1 amide bonds. The molecule has 1 N–H and O–H groups in total. The zero-order valence-corrected chi connectivity index (χ0v) is 10.5. The molecule has 2 rings (SSSR count). The Kier molecular flexibility index (Phi) is 3.42. The first-order valence-electron chi connectivity index (χ1n) is 5.26. The summed E-state index contributed by atoms with van der Waals surface area (Å²) in [5.41, 5.74) is 0.758. The van der Waals surface area contributed by atoms with E-state index in [4.69, 9.17) is 0 Å². The second-order valence-electron chi connectivity index (χ2n) is 3.99. The van der Waals surface area contributed by atoms with Gasteiger partial charge in [0.1, 0.15) is 6.04 Å². The molecular weight excluding hydrogens is 288 g/mol. The lowest BCUT2D eigenvalue weighted by Crippen LogP contribution is -2.45. The van der Waals surface area contributed by atoms with Gasteiger partial charge < -0.3 is 5.32 Å². The number of hydrogen-bond donors (Lipinski definition) is 1. The van der Waals surface area contributed by atoms with Gasteiger partial charge in [0.05, 0.1) is 0 Å². The van der Waals surface area contributed by atoms with Crippen molar-refractivity contribution in [2.75, 3.05) is 0 Å². The molecule has 0 unspecified atom stereocenters. The van der Waals surface area contributed by atoms with Gasteiger partial charge in [0.25, 0.3) is 0 Å². The summed E-state index contributed by atoms with van der Waals surface area (Å²) in [6, 6.07) is 5.95. The van der Waals surface area contributed by atoms with E-state index >= 15 is 0 Å². The summed E-state index contributed by atoms with van der Waals surface area (Å²) in [7, 11) is 0. The maximum Gasteiger partial charge on any atom is 0.237 e. The van der Waals surface area contributed by atoms with Gasteiger partial charge in [0, 0.05) is 22.2 Å². The monoisotopic (exact) mass is 298 g/mol. The average molecular weight is 299 g/mol. The van der Waals surface area contributed by atoms with Crippen LogP contribution in [-0.2, 0) is 4.79 Å². The molecule has 0 aromatic heterocycles. The number of rotatable bonds is 2. The van der Waals surface area contributed by atoms with Crippen LogP contribution >= 0.6 is 15.9 Å². The van der Waals surface area contributed by atoms with Crippen molar-refractivity contribution in [1.82, 2.24) is 5.32 Å². The summed E-state index contributed by atoms with van der Waals surface area (Å²) in [5.74, 6) is -0.131. The number of amides is 1. The predicted octanol–water partition coefficient (Wildman–Crippen LogP) is 2.05. The van der Waals surface area contributed by atoms with Crippen LogP contribution in [0, 0.1) is 10.1 Å². The van der Waals surface area contributed by atoms with Crippen molar-refractivity contribution < 1.29 is 9.72 Å². The van der Waals surface area contributed by atoms with Gasteiger partial charge in [-0.1, -0.05) is 28.1 Å². The molecule has 5 nitrogen and oxygen atoms in total. The van der Waals surface area contributed by atoms with Gasteiger partial charge in [-0.2, -0.15) is 0 Å². The Hall–Kier alpha value is -1.43. The molecular formula is C11H11BrN2O3. The fourth-order valence-electron chi connectivity index (χ4n) is 2.02. The predicted molar refractivity (Wildman–Crippen MR) is 65.0 cm³/mol. The number of nitrogens with one attached hydrogen (secondary N) is 1. The molecule has 0 bridgehead atoms. The molecule has 6 heteroatoms. The molecule has 0 saturated carbocycles. The highest BCUT2D eigenvalue weighted by molar-refractivity contribution is 9.10. The summed E-state index contributed by atoms with van der Waals surface area (Å²) in [4.78, 5) is 22.0. The van der Waals surface area contributed by atoms with Crippen molar-refractivity contribution in [3.63, 3.8) is 0 Å². The SMILES string of the molecule is O=C1CC[C@H]([N+](=O)[O-])[C@H](c2cccc(Br)c2)N1. The Labute approximate surface area is 106 Å². The third kappa shape index (κ3) is 2.63. The van der Waals surface area contributed by atoms with E-state index in [9.17, 15) is 14.9 Å². The van der Waals surface area contributed by atoms with Crippen molar-refractivity contribution in [2.24, 2.45) is 0 Å². The molecule has 1 aliphatic heterocycles. The molecule has 1 aliphatic rings. The number of hydrogen-bond acceptors (Lipinski definition) is 3. The van der Waals surface area contributed by atoms with Crippen LogP contribution in [0.4, 0.5) is 0 Å². The number of benzene rings is 1. The van der Waals surface area contributed by atoms with Crippen LogP contribution in [0.5, 0.6) is 0 Å². The number of nitro groups is 1. The van der Waals surface area contributed by atoms with Gasteiger partial charge in [-0.05, 0) is 17.7 Å². The standard InChI is InChI=1S/C11H11BrN2O3/c12-8-3-1-2-7(6-8)11-9(14(16)17)4-5-10(15)13-11/h1-3,6,9,11H,4-5H2,(H,13,15)/t9-,11-/m0/s1. The zero-order valence-electron chi connectivity index (χ0n) is 8.93.